The van der Waals surface area contributed by atoms with Gasteiger partial charge in [-0.3, -0.25) is 0 Å². The third-order valence-electron chi connectivity index (χ3n) is 2.48. The topological polar surface area (TPSA) is 61.8 Å². The molecule has 4 heteroatoms. The average Bonchev–Trinajstić information content (AvgIpc) is 2.28. The Kier molecular flexibility index (Phi) is 4.08. The highest BCUT2D eigenvalue weighted by Crippen LogP contribution is 2.25. The van der Waals surface area contributed by atoms with Gasteiger partial charge in [-0.1, -0.05) is 6.07 Å². The molecule has 3 nitrogen and oxygen atoms in total. The predicted molar refractivity (Wildman–Crippen MR) is 71.7 cm³/mol. The average molecular weight is 235 g/mol. The van der Waals surface area contributed by atoms with E-state index in [2.05, 4.69) is 31.5 Å². The third kappa shape index (κ3) is 3.07. The quantitative estimate of drug-likeness (QED) is 0.788. The summed E-state index contributed by atoms with van der Waals surface area (Å²) in [4.78, 5) is 0. The molecule has 0 atom stereocenters. The highest BCUT2D eigenvalue weighted by Gasteiger charge is 2.16. The number of rotatable bonds is 4. The van der Waals surface area contributed by atoms with Gasteiger partial charge in [0.1, 0.15) is 6.07 Å². The molecule has 0 aliphatic carbocycles. The van der Waals surface area contributed by atoms with Crippen LogP contribution in [0, 0.1) is 11.3 Å². The SMILES string of the molecule is CSC(C)(C)CNc1cccc(C#N)c1N. The number of anilines is 2. The second-order valence-electron chi connectivity index (χ2n) is 4.20. The fourth-order valence-corrected chi connectivity index (χ4v) is 1.41. The Labute approximate surface area is 101 Å². The maximum absolute atomic E-state index is 8.86. The number of hydrogen-bond acceptors (Lipinski definition) is 4. The summed E-state index contributed by atoms with van der Waals surface area (Å²) >= 11 is 1.79. The number of thioether (sulfide) groups is 1. The van der Waals surface area contributed by atoms with E-state index < -0.39 is 0 Å². The molecule has 1 aromatic carbocycles. The van der Waals surface area contributed by atoms with Crippen LogP contribution in [0.1, 0.15) is 19.4 Å². The van der Waals surface area contributed by atoms with E-state index in [9.17, 15) is 0 Å². The van der Waals surface area contributed by atoms with Crippen LogP contribution in [-0.4, -0.2) is 17.5 Å². The van der Waals surface area contributed by atoms with Crippen LogP contribution in [0.3, 0.4) is 0 Å². The van der Waals surface area contributed by atoms with Gasteiger partial charge in [0.15, 0.2) is 0 Å². The van der Waals surface area contributed by atoms with Gasteiger partial charge in [-0.25, -0.2) is 0 Å². The third-order valence-corrected chi connectivity index (χ3v) is 3.73. The largest absolute Gasteiger partial charge is 0.396 e. The number of benzene rings is 1. The van der Waals surface area contributed by atoms with E-state index in [4.69, 9.17) is 11.0 Å². The highest BCUT2D eigenvalue weighted by molar-refractivity contribution is 7.99. The van der Waals surface area contributed by atoms with Crippen molar-refractivity contribution in [2.45, 2.75) is 18.6 Å². The Morgan fingerprint density at radius 3 is 2.75 bits per heavy atom. The van der Waals surface area contributed by atoms with Crippen molar-refractivity contribution in [2.24, 2.45) is 0 Å². The van der Waals surface area contributed by atoms with E-state index in [1.165, 1.54) is 0 Å². The van der Waals surface area contributed by atoms with Crippen molar-refractivity contribution in [1.82, 2.24) is 0 Å². The first-order chi connectivity index (χ1) is 7.50. The summed E-state index contributed by atoms with van der Waals surface area (Å²) in [5.74, 6) is 0. The smallest absolute Gasteiger partial charge is 0.101 e. The van der Waals surface area contributed by atoms with Crippen LogP contribution < -0.4 is 11.1 Å². The van der Waals surface area contributed by atoms with Crippen LogP contribution in [-0.2, 0) is 0 Å². The summed E-state index contributed by atoms with van der Waals surface area (Å²) in [5, 5.41) is 12.1. The first-order valence-electron chi connectivity index (χ1n) is 5.08. The molecule has 1 rings (SSSR count). The number of para-hydroxylation sites is 1. The van der Waals surface area contributed by atoms with Crippen LogP contribution in [0.25, 0.3) is 0 Å². The Hall–Kier alpha value is -1.34. The van der Waals surface area contributed by atoms with Gasteiger partial charge >= 0.3 is 0 Å². The minimum atomic E-state index is 0.148. The van der Waals surface area contributed by atoms with Gasteiger partial charge in [-0.15, -0.1) is 0 Å². The second kappa shape index (κ2) is 5.13. The van der Waals surface area contributed by atoms with Gasteiger partial charge in [0.25, 0.3) is 0 Å². The molecular formula is C12H17N3S. The molecule has 1 aromatic rings. The number of nitriles is 1. The molecule has 0 heterocycles. The summed E-state index contributed by atoms with van der Waals surface area (Å²) in [5.41, 5.74) is 7.76. The fraction of sp³-hybridized carbons (Fsp3) is 0.417. The van der Waals surface area contributed by atoms with E-state index >= 15 is 0 Å². The summed E-state index contributed by atoms with van der Waals surface area (Å²) in [6, 6.07) is 7.53. The lowest BCUT2D eigenvalue weighted by molar-refractivity contribution is 0.753. The number of hydrogen-bond donors (Lipinski definition) is 2. The zero-order valence-electron chi connectivity index (χ0n) is 9.87. The Morgan fingerprint density at radius 2 is 2.19 bits per heavy atom. The molecule has 0 spiro atoms. The molecule has 0 amide bonds. The fourth-order valence-electron chi connectivity index (χ4n) is 1.20. The molecule has 0 unspecified atom stereocenters. The normalized spacial score (nSPS) is 10.9. The van der Waals surface area contributed by atoms with Crippen molar-refractivity contribution in [3.8, 4) is 6.07 Å². The lowest BCUT2D eigenvalue weighted by atomic mass is 10.1. The molecule has 3 N–H and O–H groups in total. The van der Waals surface area contributed by atoms with Gasteiger partial charge in [0, 0.05) is 11.3 Å². The van der Waals surface area contributed by atoms with Crippen molar-refractivity contribution in [3.05, 3.63) is 23.8 Å². The molecular weight excluding hydrogens is 218 g/mol. The van der Waals surface area contributed by atoms with E-state index in [0.29, 0.717) is 11.3 Å². The van der Waals surface area contributed by atoms with E-state index in [-0.39, 0.29) is 4.75 Å². The number of nitrogen functional groups attached to an aromatic ring is 1. The lowest BCUT2D eigenvalue weighted by Crippen LogP contribution is -2.26. The van der Waals surface area contributed by atoms with Crippen molar-refractivity contribution < 1.29 is 0 Å². The Morgan fingerprint density at radius 1 is 1.50 bits per heavy atom. The first-order valence-corrected chi connectivity index (χ1v) is 6.30. The van der Waals surface area contributed by atoms with Gasteiger partial charge in [-0.2, -0.15) is 17.0 Å². The van der Waals surface area contributed by atoms with Crippen LogP contribution in [0.4, 0.5) is 11.4 Å². The molecule has 0 saturated heterocycles. The van der Waals surface area contributed by atoms with E-state index in [1.54, 1.807) is 17.8 Å². The van der Waals surface area contributed by atoms with Crippen molar-refractivity contribution >= 4 is 23.1 Å². The summed E-state index contributed by atoms with van der Waals surface area (Å²) in [6.45, 7) is 5.14. The van der Waals surface area contributed by atoms with Crippen molar-refractivity contribution in [3.63, 3.8) is 0 Å². The van der Waals surface area contributed by atoms with Crippen molar-refractivity contribution in [1.29, 1.82) is 5.26 Å². The van der Waals surface area contributed by atoms with Gasteiger partial charge in [-0.05, 0) is 32.2 Å². The van der Waals surface area contributed by atoms with Crippen LogP contribution in [0.5, 0.6) is 0 Å². The number of nitrogens with two attached hydrogens (primary N) is 1. The minimum absolute atomic E-state index is 0.148. The zero-order chi connectivity index (χ0) is 12.2. The van der Waals surface area contributed by atoms with E-state index in [1.807, 2.05) is 12.1 Å². The molecule has 0 aliphatic heterocycles. The van der Waals surface area contributed by atoms with E-state index in [0.717, 1.165) is 12.2 Å². The Bertz CT molecular complexity index is 407. The molecule has 0 aromatic heterocycles. The minimum Gasteiger partial charge on any atom is -0.396 e. The molecule has 0 bridgehead atoms. The molecule has 0 aliphatic rings. The number of nitrogens with zero attached hydrogens (tertiary/aromatic N) is 1. The highest BCUT2D eigenvalue weighted by atomic mass is 32.2. The second-order valence-corrected chi connectivity index (χ2v) is 5.71. The number of nitrogens with one attached hydrogen (secondary N) is 1. The predicted octanol–water partition coefficient (Wildman–Crippen LogP) is 2.69. The molecule has 0 radical (unpaired) electrons. The zero-order valence-corrected chi connectivity index (χ0v) is 10.7. The summed E-state index contributed by atoms with van der Waals surface area (Å²) in [6.07, 6.45) is 2.08. The monoisotopic (exact) mass is 235 g/mol. The molecule has 0 fully saturated rings. The Balaban J connectivity index is 2.80. The standard InChI is InChI=1S/C12H17N3S/c1-12(2,16-3)8-15-10-6-4-5-9(7-13)11(10)14/h4-6,15H,8,14H2,1-3H3. The maximum atomic E-state index is 8.86. The van der Waals surface area contributed by atoms with Gasteiger partial charge in [0.05, 0.1) is 16.9 Å². The van der Waals surface area contributed by atoms with Crippen molar-refractivity contribution in [2.75, 3.05) is 23.9 Å². The lowest BCUT2D eigenvalue weighted by Gasteiger charge is -2.23. The summed E-state index contributed by atoms with van der Waals surface area (Å²) in [7, 11) is 0. The first kappa shape index (κ1) is 12.7. The molecule has 86 valence electrons. The van der Waals surface area contributed by atoms with Crippen LogP contribution in [0.2, 0.25) is 0 Å². The van der Waals surface area contributed by atoms with Crippen LogP contribution >= 0.6 is 11.8 Å². The molecule has 0 saturated carbocycles. The summed E-state index contributed by atoms with van der Waals surface area (Å²) < 4.78 is 0.148. The van der Waals surface area contributed by atoms with Gasteiger partial charge in [0.2, 0.25) is 0 Å². The maximum Gasteiger partial charge on any atom is 0.101 e. The van der Waals surface area contributed by atoms with Gasteiger partial charge < -0.3 is 11.1 Å². The molecule has 16 heavy (non-hydrogen) atoms. The van der Waals surface area contributed by atoms with Crippen LogP contribution in [0.15, 0.2) is 18.2 Å².